The van der Waals surface area contributed by atoms with Crippen LogP contribution in [0.3, 0.4) is 0 Å². The SMILES string of the molecule is CNC1CCCC(Cc2ccc(C(F)(F)F)cc2)C1. The van der Waals surface area contributed by atoms with E-state index in [1.807, 2.05) is 7.05 Å². The molecule has 2 unspecified atom stereocenters. The lowest BCUT2D eigenvalue weighted by atomic mass is 9.82. The van der Waals surface area contributed by atoms with Crippen LogP contribution < -0.4 is 5.32 Å². The van der Waals surface area contributed by atoms with Crippen LogP contribution >= 0.6 is 0 Å². The summed E-state index contributed by atoms with van der Waals surface area (Å²) in [7, 11) is 1.98. The van der Waals surface area contributed by atoms with Gasteiger partial charge < -0.3 is 5.32 Å². The molecule has 1 aliphatic rings. The van der Waals surface area contributed by atoms with Crippen molar-refractivity contribution in [3.63, 3.8) is 0 Å². The van der Waals surface area contributed by atoms with Gasteiger partial charge in [-0.2, -0.15) is 13.2 Å². The summed E-state index contributed by atoms with van der Waals surface area (Å²) in [5.74, 6) is 0.586. The lowest BCUT2D eigenvalue weighted by molar-refractivity contribution is -0.137. The van der Waals surface area contributed by atoms with Gasteiger partial charge in [-0.15, -0.1) is 0 Å². The van der Waals surface area contributed by atoms with Crippen LogP contribution in [0.1, 0.15) is 36.8 Å². The van der Waals surface area contributed by atoms with Crippen molar-refractivity contribution in [3.8, 4) is 0 Å². The molecule has 0 radical (unpaired) electrons. The molecule has 2 atom stereocenters. The molecule has 1 nitrogen and oxygen atoms in total. The van der Waals surface area contributed by atoms with Crippen LogP contribution in [0.25, 0.3) is 0 Å². The molecule has 1 aliphatic carbocycles. The maximum absolute atomic E-state index is 12.5. The highest BCUT2D eigenvalue weighted by Crippen LogP contribution is 2.31. The zero-order valence-corrected chi connectivity index (χ0v) is 11.1. The minimum Gasteiger partial charge on any atom is -0.317 e. The average Bonchev–Trinajstić information content (AvgIpc) is 2.38. The molecule has 0 spiro atoms. The molecule has 4 heteroatoms. The molecule has 2 rings (SSSR count). The number of halogens is 3. The third kappa shape index (κ3) is 3.96. The molecule has 0 heterocycles. The van der Waals surface area contributed by atoms with E-state index in [2.05, 4.69) is 5.32 Å². The monoisotopic (exact) mass is 271 g/mol. The van der Waals surface area contributed by atoms with Gasteiger partial charge in [-0.3, -0.25) is 0 Å². The van der Waals surface area contributed by atoms with Gasteiger partial charge >= 0.3 is 6.18 Å². The van der Waals surface area contributed by atoms with Gasteiger partial charge in [0.25, 0.3) is 0 Å². The van der Waals surface area contributed by atoms with E-state index >= 15 is 0 Å². The molecule has 1 saturated carbocycles. The van der Waals surface area contributed by atoms with Crippen LogP contribution in [0.5, 0.6) is 0 Å². The predicted octanol–water partition coefficient (Wildman–Crippen LogP) is 4.03. The first-order valence-electron chi connectivity index (χ1n) is 6.82. The number of hydrogen-bond donors (Lipinski definition) is 1. The van der Waals surface area contributed by atoms with Gasteiger partial charge in [-0.25, -0.2) is 0 Å². The topological polar surface area (TPSA) is 12.0 Å². The van der Waals surface area contributed by atoms with Gasteiger partial charge in [0.15, 0.2) is 0 Å². The van der Waals surface area contributed by atoms with E-state index in [9.17, 15) is 13.2 Å². The number of alkyl halides is 3. The van der Waals surface area contributed by atoms with Crippen LogP contribution in [0, 0.1) is 5.92 Å². The molecule has 1 aromatic rings. The molecule has 0 bridgehead atoms. The van der Waals surface area contributed by atoms with Gasteiger partial charge in [-0.05, 0) is 49.9 Å². The normalized spacial score (nSPS) is 24.4. The van der Waals surface area contributed by atoms with Crippen molar-refractivity contribution in [3.05, 3.63) is 35.4 Å². The maximum atomic E-state index is 12.5. The Labute approximate surface area is 112 Å². The second-order valence-electron chi connectivity index (χ2n) is 5.42. The Balaban J connectivity index is 1.96. The molecule has 19 heavy (non-hydrogen) atoms. The molecular formula is C15H20F3N. The van der Waals surface area contributed by atoms with Crippen molar-refractivity contribution in [2.45, 2.75) is 44.3 Å². The minimum atomic E-state index is -4.24. The summed E-state index contributed by atoms with van der Waals surface area (Å²) in [5.41, 5.74) is 0.447. The fraction of sp³-hybridized carbons (Fsp3) is 0.600. The molecule has 0 aromatic heterocycles. The molecule has 1 N–H and O–H groups in total. The summed E-state index contributed by atoms with van der Waals surface area (Å²) in [4.78, 5) is 0. The fourth-order valence-electron chi connectivity index (χ4n) is 2.90. The standard InChI is InChI=1S/C15H20F3N/c1-19-14-4-2-3-12(10-14)9-11-5-7-13(8-6-11)15(16,17)18/h5-8,12,14,19H,2-4,9-10H2,1H3. The highest BCUT2D eigenvalue weighted by Gasteiger charge is 2.30. The molecule has 0 amide bonds. The maximum Gasteiger partial charge on any atom is 0.416 e. The average molecular weight is 271 g/mol. The Morgan fingerprint density at radius 1 is 1.16 bits per heavy atom. The van der Waals surface area contributed by atoms with E-state index in [1.165, 1.54) is 31.4 Å². The summed E-state index contributed by atoms with van der Waals surface area (Å²) in [5, 5.41) is 3.30. The van der Waals surface area contributed by atoms with Crippen molar-refractivity contribution < 1.29 is 13.2 Å². The van der Waals surface area contributed by atoms with Crippen LogP contribution in [-0.2, 0) is 12.6 Å². The number of rotatable bonds is 3. The van der Waals surface area contributed by atoms with Crippen molar-refractivity contribution in [1.29, 1.82) is 0 Å². The molecule has 1 aromatic carbocycles. The van der Waals surface area contributed by atoms with Gasteiger partial charge in [0, 0.05) is 6.04 Å². The van der Waals surface area contributed by atoms with Crippen LogP contribution in [-0.4, -0.2) is 13.1 Å². The van der Waals surface area contributed by atoms with Gasteiger partial charge in [0.1, 0.15) is 0 Å². The number of hydrogen-bond acceptors (Lipinski definition) is 1. The summed E-state index contributed by atoms with van der Waals surface area (Å²) in [6, 6.07) is 6.17. The minimum absolute atomic E-state index is 0.562. The number of benzene rings is 1. The first kappa shape index (κ1) is 14.4. The zero-order valence-electron chi connectivity index (χ0n) is 11.1. The lowest BCUT2D eigenvalue weighted by Crippen LogP contribution is -2.31. The Morgan fingerprint density at radius 3 is 2.42 bits per heavy atom. The lowest BCUT2D eigenvalue weighted by Gasteiger charge is -2.29. The van der Waals surface area contributed by atoms with E-state index in [0.29, 0.717) is 12.0 Å². The van der Waals surface area contributed by atoms with E-state index in [-0.39, 0.29) is 0 Å². The smallest absolute Gasteiger partial charge is 0.317 e. The third-order valence-electron chi connectivity index (χ3n) is 4.00. The molecule has 0 saturated heterocycles. The second kappa shape index (κ2) is 5.95. The molecule has 0 aliphatic heterocycles. The van der Waals surface area contributed by atoms with E-state index in [1.54, 1.807) is 12.1 Å². The predicted molar refractivity (Wildman–Crippen MR) is 70.0 cm³/mol. The molecular weight excluding hydrogens is 251 g/mol. The Hall–Kier alpha value is -1.03. The van der Waals surface area contributed by atoms with Crippen LogP contribution in [0.4, 0.5) is 13.2 Å². The van der Waals surface area contributed by atoms with Gasteiger partial charge in [0.05, 0.1) is 5.56 Å². The largest absolute Gasteiger partial charge is 0.416 e. The Morgan fingerprint density at radius 2 is 1.84 bits per heavy atom. The summed E-state index contributed by atoms with van der Waals surface area (Å²) < 4.78 is 37.4. The molecule has 106 valence electrons. The van der Waals surface area contributed by atoms with Crippen molar-refractivity contribution >= 4 is 0 Å². The van der Waals surface area contributed by atoms with E-state index in [0.717, 1.165) is 18.4 Å². The highest BCUT2D eigenvalue weighted by molar-refractivity contribution is 5.25. The van der Waals surface area contributed by atoms with Crippen LogP contribution in [0.2, 0.25) is 0 Å². The van der Waals surface area contributed by atoms with E-state index < -0.39 is 11.7 Å². The fourth-order valence-corrected chi connectivity index (χ4v) is 2.90. The molecule has 1 fully saturated rings. The van der Waals surface area contributed by atoms with Crippen molar-refractivity contribution in [2.75, 3.05) is 7.05 Å². The Bertz CT molecular complexity index is 397. The zero-order chi connectivity index (χ0) is 13.9. The van der Waals surface area contributed by atoms with E-state index in [4.69, 9.17) is 0 Å². The summed E-state index contributed by atoms with van der Waals surface area (Å²) in [6.07, 6.45) is 1.37. The summed E-state index contributed by atoms with van der Waals surface area (Å²) >= 11 is 0. The Kier molecular flexibility index (Phi) is 4.50. The van der Waals surface area contributed by atoms with Gasteiger partial charge in [-0.1, -0.05) is 25.0 Å². The first-order valence-corrected chi connectivity index (χ1v) is 6.82. The van der Waals surface area contributed by atoms with Gasteiger partial charge in [0.2, 0.25) is 0 Å². The highest BCUT2D eigenvalue weighted by atomic mass is 19.4. The van der Waals surface area contributed by atoms with Crippen LogP contribution in [0.15, 0.2) is 24.3 Å². The number of nitrogens with one attached hydrogen (secondary N) is 1. The van der Waals surface area contributed by atoms with Crippen molar-refractivity contribution in [2.24, 2.45) is 5.92 Å². The third-order valence-corrected chi connectivity index (χ3v) is 4.00. The summed E-state index contributed by atoms with van der Waals surface area (Å²) in [6.45, 7) is 0. The first-order chi connectivity index (χ1) is 8.99. The van der Waals surface area contributed by atoms with Crippen molar-refractivity contribution in [1.82, 2.24) is 5.32 Å². The second-order valence-corrected chi connectivity index (χ2v) is 5.42. The quantitative estimate of drug-likeness (QED) is 0.875.